The molecule has 0 fully saturated rings. The molecular formula is C15H13N5O2. The average Bonchev–Trinajstić information content (AvgIpc) is 2.97. The van der Waals surface area contributed by atoms with Gasteiger partial charge in [0.15, 0.2) is 5.82 Å². The summed E-state index contributed by atoms with van der Waals surface area (Å²) in [6.07, 6.45) is 0.528. The highest BCUT2D eigenvalue weighted by molar-refractivity contribution is 5.58. The van der Waals surface area contributed by atoms with Crippen LogP contribution in [-0.4, -0.2) is 20.1 Å². The first-order chi connectivity index (χ1) is 10.6. The van der Waals surface area contributed by atoms with Crippen molar-refractivity contribution in [2.45, 2.75) is 6.42 Å². The van der Waals surface area contributed by atoms with Gasteiger partial charge in [0.25, 0.3) is 5.69 Å². The number of nitro groups is 1. The maximum atomic E-state index is 10.6. The zero-order valence-electron chi connectivity index (χ0n) is 11.6. The van der Waals surface area contributed by atoms with Crippen LogP contribution in [0.3, 0.4) is 0 Å². The third kappa shape index (κ3) is 2.93. The molecule has 0 saturated carbocycles. The van der Waals surface area contributed by atoms with E-state index < -0.39 is 4.92 Å². The van der Waals surface area contributed by atoms with Crippen molar-refractivity contribution in [1.29, 1.82) is 0 Å². The number of aromatic amines is 1. The number of nitrogens with one attached hydrogen (secondary N) is 1. The summed E-state index contributed by atoms with van der Waals surface area (Å²) < 4.78 is 0. The molecule has 0 saturated heterocycles. The fourth-order valence-corrected chi connectivity index (χ4v) is 2.06. The van der Waals surface area contributed by atoms with Crippen LogP contribution >= 0.6 is 0 Å². The van der Waals surface area contributed by atoms with Gasteiger partial charge in [0.05, 0.1) is 4.92 Å². The molecule has 0 aliphatic heterocycles. The second-order valence-corrected chi connectivity index (χ2v) is 4.83. The van der Waals surface area contributed by atoms with Crippen LogP contribution in [-0.2, 0) is 6.42 Å². The maximum Gasteiger partial charge on any atom is 0.269 e. The molecule has 0 spiro atoms. The molecule has 3 aromatic rings. The SMILES string of the molecule is Nc1ccc(-c2n[nH]c(Cc3ccc([N+](=O)[O-])cc3)n2)cc1. The number of rotatable bonds is 4. The van der Waals surface area contributed by atoms with E-state index in [0.717, 1.165) is 11.1 Å². The third-order valence-electron chi connectivity index (χ3n) is 3.22. The summed E-state index contributed by atoms with van der Waals surface area (Å²) in [5.74, 6) is 1.29. The number of nitrogens with zero attached hydrogens (tertiary/aromatic N) is 3. The van der Waals surface area contributed by atoms with E-state index in [-0.39, 0.29) is 5.69 Å². The molecule has 7 heteroatoms. The van der Waals surface area contributed by atoms with Gasteiger partial charge in [-0.3, -0.25) is 15.2 Å². The Bertz CT molecular complexity index is 794. The highest BCUT2D eigenvalue weighted by Crippen LogP contribution is 2.18. The van der Waals surface area contributed by atoms with E-state index >= 15 is 0 Å². The van der Waals surface area contributed by atoms with E-state index in [1.54, 1.807) is 24.3 Å². The molecular weight excluding hydrogens is 282 g/mol. The predicted molar refractivity (Wildman–Crippen MR) is 82.1 cm³/mol. The van der Waals surface area contributed by atoms with Gasteiger partial charge in [0.2, 0.25) is 0 Å². The summed E-state index contributed by atoms with van der Waals surface area (Å²) in [6, 6.07) is 13.7. The average molecular weight is 295 g/mol. The molecule has 7 nitrogen and oxygen atoms in total. The molecule has 0 unspecified atom stereocenters. The largest absolute Gasteiger partial charge is 0.399 e. The zero-order chi connectivity index (χ0) is 15.5. The quantitative estimate of drug-likeness (QED) is 0.436. The second-order valence-electron chi connectivity index (χ2n) is 4.83. The molecule has 2 aromatic carbocycles. The van der Waals surface area contributed by atoms with Crippen LogP contribution < -0.4 is 5.73 Å². The number of anilines is 1. The fraction of sp³-hybridized carbons (Fsp3) is 0.0667. The number of H-pyrrole nitrogens is 1. The molecule has 3 rings (SSSR count). The molecule has 22 heavy (non-hydrogen) atoms. The topological polar surface area (TPSA) is 111 Å². The molecule has 0 atom stereocenters. The van der Waals surface area contributed by atoms with Gasteiger partial charge in [-0.05, 0) is 29.8 Å². The van der Waals surface area contributed by atoms with Gasteiger partial charge in [0, 0.05) is 29.8 Å². The smallest absolute Gasteiger partial charge is 0.269 e. The lowest BCUT2D eigenvalue weighted by atomic mass is 10.1. The number of aromatic nitrogens is 3. The van der Waals surface area contributed by atoms with Crippen molar-refractivity contribution in [3.63, 3.8) is 0 Å². The number of nitrogens with two attached hydrogens (primary N) is 1. The Balaban J connectivity index is 1.76. The highest BCUT2D eigenvalue weighted by Gasteiger charge is 2.08. The van der Waals surface area contributed by atoms with Crippen LogP contribution in [0.15, 0.2) is 48.5 Å². The van der Waals surface area contributed by atoms with Crippen molar-refractivity contribution in [3.8, 4) is 11.4 Å². The van der Waals surface area contributed by atoms with Gasteiger partial charge >= 0.3 is 0 Å². The number of hydrogen-bond donors (Lipinski definition) is 2. The van der Waals surface area contributed by atoms with Gasteiger partial charge in [-0.25, -0.2) is 4.98 Å². The molecule has 0 radical (unpaired) electrons. The summed E-state index contributed by atoms with van der Waals surface area (Å²) >= 11 is 0. The number of hydrogen-bond acceptors (Lipinski definition) is 5. The van der Waals surface area contributed by atoms with Gasteiger partial charge in [-0.15, -0.1) is 0 Å². The van der Waals surface area contributed by atoms with Crippen LogP contribution in [0.1, 0.15) is 11.4 Å². The van der Waals surface area contributed by atoms with E-state index in [9.17, 15) is 10.1 Å². The number of non-ortho nitro benzene ring substituents is 1. The molecule has 3 N–H and O–H groups in total. The molecule has 1 aromatic heterocycles. The molecule has 1 heterocycles. The lowest BCUT2D eigenvalue weighted by Crippen LogP contribution is -1.92. The van der Waals surface area contributed by atoms with E-state index in [1.807, 2.05) is 12.1 Å². The van der Waals surface area contributed by atoms with Gasteiger partial charge in [-0.2, -0.15) is 5.10 Å². The Labute approximate surface area is 126 Å². The van der Waals surface area contributed by atoms with Crippen molar-refractivity contribution in [2.24, 2.45) is 0 Å². The standard InChI is InChI=1S/C15H13N5O2/c16-12-5-3-11(4-6-12)15-17-14(18-19-15)9-10-1-7-13(8-2-10)20(21)22/h1-8H,9,16H2,(H,17,18,19). The van der Waals surface area contributed by atoms with Crippen molar-refractivity contribution >= 4 is 11.4 Å². The summed E-state index contributed by atoms with van der Waals surface area (Å²) in [5, 5.41) is 17.7. The first-order valence-electron chi connectivity index (χ1n) is 6.62. The van der Waals surface area contributed by atoms with Crippen molar-refractivity contribution in [2.75, 3.05) is 5.73 Å². The van der Waals surface area contributed by atoms with Crippen molar-refractivity contribution in [3.05, 3.63) is 70.0 Å². The lowest BCUT2D eigenvalue weighted by Gasteiger charge is -1.97. The lowest BCUT2D eigenvalue weighted by molar-refractivity contribution is -0.384. The Morgan fingerprint density at radius 1 is 1.09 bits per heavy atom. The Kier molecular flexibility index (Phi) is 3.53. The zero-order valence-corrected chi connectivity index (χ0v) is 11.6. The number of nitro benzene ring substituents is 1. The van der Waals surface area contributed by atoms with Crippen LogP contribution in [0.25, 0.3) is 11.4 Å². The van der Waals surface area contributed by atoms with Crippen LogP contribution in [0.2, 0.25) is 0 Å². The molecule has 110 valence electrons. The Morgan fingerprint density at radius 3 is 2.41 bits per heavy atom. The summed E-state index contributed by atoms with van der Waals surface area (Å²) in [7, 11) is 0. The van der Waals surface area contributed by atoms with Gasteiger partial charge < -0.3 is 5.73 Å². The Morgan fingerprint density at radius 2 is 1.77 bits per heavy atom. The molecule has 0 amide bonds. The number of benzene rings is 2. The van der Waals surface area contributed by atoms with E-state index in [1.165, 1.54) is 12.1 Å². The normalized spacial score (nSPS) is 10.5. The fourth-order valence-electron chi connectivity index (χ4n) is 2.06. The van der Waals surface area contributed by atoms with E-state index in [4.69, 9.17) is 5.73 Å². The summed E-state index contributed by atoms with van der Waals surface area (Å²) in [6.45, 7) is 0. The minimum Gasteiger partial charge on any atom is -0.399 e. The minimum absolute atomic E-state index is 0.0730. The number of nitrogen functional groups attached to an aromatic ring is 1. The van der Waals surface area contributed by atoms with Crippen LogP contribution in [0.4, 0.5) is 11.4 Å². The summed E-state index contributed by atoms with van der Waals surface area (Å²) in [5.41, 5.74) is 8.20. The third-order valence-corrected chi connectivity index (χ3v) is 3.22. The van der Waals surface area contributed by atoms with Crippen LogP contribution in [0.5, 0.6) is 0 Å². The van der Waals surface area contributed by atoms with Gasteiger partial charge in [0.1, 0.15) is 5.82 Å². The highest BCUT2D eigenvalue weighted by atomic mass is 16.6. The van der Waals surface area contributed by atoms with Crippen molar-refractivity contribution in [1.82, 2.24) is 15.2 Å². The van der Waals surface area contributed by atoms with Gasteiger partial charge in [-0.1, -0.05) is 12.1 Å². The monoisotopic (exact) mass is 295 g/mol. The Hall–Kier alpha value is -3.22. The first-order valence-corrected chi connectivity index (χ1v) is 6.62. The minimum atomic E-state index is -0.419. The second kappa shape index (κ2) is 5.65. The maximum absolute atomic E-state index is 10.6. The predicted octanol–water partition coefficient (Wildman–Crippen LogP) is 2.55. The summed E-state index contributed by atoms with van der Waals surface area (Å²) in [4.78, 5) is 14.6. The van der Waals surface area contributed by atoms with Crippen LogP contribution in [0, 0.1) is 10.1 Å². The molecule has 0 aliphatic rings. The van der Waals surface area contributed by atoms with Crippen molar-refractivity contribution < 1.29 is 4.92 Å². The van der Waals surface area contributed by atoms with E-state index in [2.05, 4.69) is 15.2 Å². The first kappa shape index (κ1) is 13.7. The van der Waals surface area contributed by atoms with E-state index in [0.29, 0.717) is 23.8 Å². The molecule has 0 bridgehead atoms. The molecule has 0 aliphatic carbocycles.